The Bertz CT molecular complexity index is 497. The van der Waals surface area contributed by atoms with Crippen molar-refractivity contribution in [3.63, 3.8) is 0 Å². The molecule has 2 nitrogen and oxygen atoms in total. The van der Waals surface area contributed by atoms with E-state index in [1.54, 1.807) is 36.0 Å². The van der Waals surface area contributed by atoms with Crippen LogP contribution in [0, 0.1) is 0 Å². The van der Waals surface area contributed by atoms with Crippen molar-refractivity contribution >= 4 is 11.8 Å². The summed E-state index contributed by atoms with van der Waals surface area (Å²) in [5.74, 6) is 1.06. The monoisotopic (exact) mass is 244 g/mol. The van der Waals surface area contributed by atoms with Crippen molar-refractivity contribution in [2.24, 2.45) is 0 Å². The summed E-state index contributed by atoms with van der Waals surface area (Å²) >= 11 is 1.75. The number of hydrogen-bond donors (Lipinski definition) is 1. The summed E-state index contributed by atoms with van der Waals surface area (Å²) in [6.07, 6.45) is 0.932. The Morgan fingerprint density at radius 2 is 1.82 bits per heavy atom. The highest BCUT2D eigenvalue weighted by molar-refractivity contribution is 8.00. The fourth-order valence-electron chi connectivity index (χ4n) is 1.89. The second-order valence-electron chi connectivity index (χ2n) is 3.97. The third kappa shape index (κ3) is 2.24. The minimum Gasteiger partial charge on any atom is -0.508 e. The molecular formula is C14H12O2S. The average Bonchev–Trinajstić information content (AvgIpc) is 2.74. The predicted octanol–water partition coefficient (Wildman–Crippen LogP) is 3.45. The van der Waals surface area contributed by atoms with Gasteiger partial charge in [0.1, 0.15) is 11.5 Å². The van der Waals surface area contributed by atoms with Crippen LogP contribution in [0.3, 0.4) is 0 Å². The smallest absolute Gasteiger partial charge is 0.152 e. The molecule has 3 heteroatoms. The predicted molar refractivity (Wildman–Crippen MR) is 68.5 cm³/mol. The summed E-state index contributed by atoms with van der Waals surface area (Å²) in [6.45, 7) is 0. The van der Waals surface area contributed by atoms with Crippen LogP contribution in [0.15, 0.2) is 53.4 Å². The Morgan fingerprint density at radius 1 is 1.06 bits per heavy atom. The van der Waals surface area contributed by atoms with Crippen molar-refractivity contribution in [2.75, 3.05) is 0 Å². The van der Waals surface area contributed by atoms with E-state index < -0.39 is 0 Å². The lowest BCUT2D eigenvalue weighted by Gasteiger charge is -2.12. The number of ether oxygens (including phenoxy) is 1. The SMILES string of the molecule is Oc1ccc(O[C@@H]2Cc3ccccc3S2)cc1. The fraction of sp³-hybridized carbons (Fsp3) is 0.143. The molecule has 0 spiro atoms. The summed E-state index contributed by atoms with van der Waals surface area (Å²) in [5.41, 5.74) is 1.48. The van der Waals surface area contributed by atoms with Gasteiger partial charge in [0.2, 0.25) is 0 Å². The number of benzene rings is 2. The highest BCUT2D eigenvalue weighted by atomic mass is 32.2. The zero-order chi connectivity index (χ0) is 11.7. The van der Waals surface area contributed by atoms with Gasteiger partial charge in [0.15, 0.2) is 5.44 Å². The van der Waals surface area contributed by atoms with Gasteiger partial charge < -0.3 is 9.84 Å². The van der Waals surface area contributed by atoms with Crippen molar-refractivity contribution in [1.82, 2.24) is 0 Å². The minimum atomic E-state index is 0.136. The van der Waals surface area contributed by atoms with E-state index in [-0.39, 0.29) is 11.2 Å². The molecule has 0 fully saturated rings. The molecule has 0 radical (unpaired) electrons. The van der Waals surface area contributed by atoms with E-state index in [2.05, 4.69) is 24.3 Å². The molecule has 1 aliphatic rings. The van der Waals surface area contributed by atoms with Crippen LogP contribution in [-0.4, -0.2) is 10.5 Å². The van der Waals surface area contributed by atoms with E-state index in [1.165, 1.54) is 10.5 Å². The van der Waals surface area contributed by atoms with E-state index in [4.69, 9.17) is 4.74 Å². The highest BCUT2D eigenvalue weighted by Gasteiger charge is 2.23. The molecule has 1 heterocycles. The normalized spacial score (nSPS) is 17.8. The maximum Gasteiger partial charge on any atom is 0.152 e. The number of aromatic hydroxyl groups is 1. The first-order chi connectivity index (χ1) is 8.31. The molecule has 0 amide bonds. The first-order valence-electron chi connectivity index (χ1n) is 5.51. The van der Waals surface area contributed by atoms with Crippen LogP contribution in [0.5, 0.6) is 11.5 Å². The molecule has 0 unspecified atom stereocenters. The van der Waals surface area contributed by atoms with Gasteiger partial charge in [-0.25, -0.2) is 0 Å². The first kappa shape index (κ1) is 10.5. The van der Waals surface area contributed by atoms with E-state index in [0.717, 1.165) is 12.2 Å². The Labute approximate surface area is 104 Å². The van der Waals surface area contributed by atoms with Crippen molar-refractivity contribution in [2.45, 2.75) is 16.8 Å². The van der Waals surface area contributed by atoms with Crippen LogP contribution >= 0.6 is 11.8 Å². The van der Waals surface area contributed by atoms with Crippen LogP contribution in [0.1, 0.15) is 5.56 Å². The van der Waals surface area contributed by atoms with Gasteiger partial charge in [-0.15, -0.1) is 0 Å². The molecule has 86 valence electrons. The van der Waals surface area contributed by atoms with Gasteiger partial charge in [-0.2, -0.15) is 0 Å². The van der Waals surface area contributed by atoms with E-state index in [0.29, 0.717) is 0 Å². The Balaban J connectivity index is 1.71. The number of thioether (sulfide) groups is 1. The van der Waals surface area contributed by atoms with Gasteiger partial charge in [0.25, 0.3) is 0 Å². The first-order valence-corrected chi connectivity index (χ1v) is 6.39. The van der Waals surface area contributed by atoms with Crippen LogP contribution in [0.25, 0.3) is 0 Å². The molecule has 0 aromatic heterocycles. The Morgan fingerprint density at radius 3 is 2.59 bits per heavy atom. The van der Waals surface area contributed by atoms with Crippen LogP contribution in [0.4, 0.5) is 0 Å². The van der Waals surface area contributed by atoms with E-state index in [1.807, 2.05) is 0 Å². The summed E-state index contributed by atoms with van der Waals surface area (Å²) < 4.78 is 5.86. The second kappa shape index (κ2) is 4.34. The molecule has 0 bridgehead atoms. The summed E-state index contributed by atoms with van der Waals surface area (Å²) in [6, 6.07) is 15.2. The number of hydrogen-bond acceptors (Lipinski definition) is 3. The molecule has 1 aliphatic heterocycles. The highest BCUT2D eigenvalue weighted by Crippen LogP contribution is 2.37. The zero-order valence-electron chi connectivity index (χ0n) is 9.17. The fourth-order valence-corrected chi connectivity index (χ4v) is 3.06. The van der Waals surface area contributed by atoms with Crippen molar-refractivity contribution in [3.05, 3.63) is 54.1 Å². The molecule has 3 rings (SSSR count). The van der Waals surface area contributed by atoms with Gasteiger partial charge in [-0.3, -0.25) is 0 Å². The lowest BCUT2D eigenvalue weighted by atomic mass is 10.2. The van der Waals surface area contributed by atoms with Crippen molar-refractivity contribution < 1.29 is 9.84 Å². The van der Waals surface area contributed by atoms with Crippen LogP contribution in [-0.2, 0) is 6.42 Å². The molecule has 17 heavy (non-hydrogen) atoms. The summed E-state index contributed by atoms with van der Waals surface area (Å²) in [4.78, 5) is 1.30. The summed E-state index contributed by atoms with van der Waals surface area (Å²) in [7, 11) is 0. The maximum atomic E-state index is 9.20. The standard InChI is InChI=1S/C14H12O2S/c15-11-5-7-12(8-6-11)16-14-9-10-3-1-2-4-13(10)17-14/h1-8,14-15H,9H2/t14-/m0/s1. The number of rotatable bonds is 2. The summed E-state index contributed by atoms with van der Waals surface area (Å²) in [5, 5.41) is 9.20. The minimum absolute atomic E-state index is 0.136. The third-order valence-electron chi connectivity index (χ3n) is 2.72. The lowest BCUT2D eigenvalue weighted by molar-refractivity contribution is 0.292. The quantitative estimate of drug-likeness (QED) is 0.877. The molecule has 2 aromatic carbocycles. The van der Waals surface area contributed by atoms with Gasteiger partial charge >= 0.3 is 0 Å². The van der Waals surface area contributed by atoms with Crippen LogP contribution in [0.2, 0.25) is 0 Å². The van der Waals surface area contributed by atoms with Crippen molar-refractivity contribution in [3.8, 4) is 11.5 Å². The third-order valence-corrected chi connectivity index (χ3v) is 3.90. The molecule has 0 saturated carbocycles. The number of fused-ring (bicyclic) bond motifs is 1. The lowest BCUT2D eigenvalue weighted by Crippen LogP contribution is -2.10. The van der Waals surface area contributed by atoms with Crippen molar-refractivity contribution in [1.29, 1.82) is 0 Å². The number of phenolic OH excluding ortho intramolecular Hbond substituents is 1. The second-order valence-corrected chi connectivity index (χ2v) is 5.17. The molecule has 1 N–H and O–H groups in total. The molecule has 2 aromatic rings. The molecule has 0 saturated heterocycles. The van der Waals surface area contributed by atoms with E-state index in [9.17, 15) is 5.11 Å². The molecular weight excluding hydrogens is 232 g/mol. The van der Waals surface area contributed by atoms with Gasteiger partial charge in [-0.1, -0.05) is 30.0 Å². The van der Waals surface area contributed by atoms with E-state index >= 15 is 0 Å². The zero-order valence-corrected chi connectivity index (χ0v) is 9.98. The van der Waals surface area contributed by atoms with Gasteiger partial charge in [-0.05, 0) is 35.9 Å². The van der Waals surface area contributed by atoms with Gasteiger partial charge in [0, 0.05) is 11.3 Å². The topological polar surface area (TPSA) is 29.5 Å². The van der Waals surface area contributed by atoms with Gasteiger partial charge in [0.05, 0.1) is 0 Å². The molecule has 0 aliphatic carbocycles. The Kier molecular flexibility index (Phi) is 2.69. The molecule has 1 atom stereocenters. The largest absolute Gasteiger partial charge is 0.508 e. The average molecular weight is 244 g/mol. The maximum absolute atomic E-state index is 9.20. The Hall–Kier alpha value is -1.61. The number of phenols is 1. The van der Waals surface area contributed by atoms with Crippen LogP contribution < -0.4 is 4.74 Å².